The molecular formula is C11H19N3O3S. The highest BCUT2D eigenvalue weighted by Gasteiger charge is 2.21. The SMILES string of the molecule is CCC(CN)S(=O)(=O)NCc1ccnc(OC)c1. The third kappa shape index (κ3) is 3.94. The van der Waals surface area contributed by atoms with Gasteiger partial charge in [0.15, 0.2) is 0 Å². The van der Waals surface area contributed by atoms with Crippen molar-refractivity contribution in [2.24, 2.45) is 5.73 Å². The predicted molar refractivity (Wildman–Crippen MR) is 69.7 cm³/mol. The lowest BCUT2D eigenvalue weighted by Crippen LogP contribution is -2.38. The molecule has 0 aliphatic rings. The topological polar surface area (TPSA) is 94.3 Å². The van der Waals surface area contributed by atoms with Gasteiger partial charge in [0.1, 0.15) is 0 Å². The minimum atomic E-state index is -3.38. The van der Waals surface area contributed by atoms with Crippen molar-refractivity contribution < 1.29 is 13.2 Å². The van der Waals surface area contributed by atoms with Crippen molar-refractivity contribution in [3.05, 3.63) is 23.9 Å². The van der Waals surface area contributed by atoms with Crippen molar-refractivity contribution in [2.45, 2.75) is 25.1 Å². The smallest absolute Gasteiger partial charge is 0.216 e. The number of nitrogens with two attached hydrogens (primary N) is 1. The van der Waals surface area contributed by atoms with Crippen LogP contribution in [0.2, 0.25) is 0 Å². The molecule has 0 spiro atoms. The number of aromatic nitrogens is 1. The third-order valence-corrected chi connectivity index (χ3v) is 4.59. The number of sulfonamides is 1. The molecule has 0 aromatic carbocycles. The Bertz CT molecular complexity index is 472. The number of nitrogens with one attached hydrogen (secondary N) is 1. The van der Waals surface area contributed by atoms with E-state index in [0.29, 0.717) is 12.3 Å². The molecule has 0 fully saturated rings. The molecule has 1 heterocycles. The van der Waals surface area contributed by atoms with E-state index in [1.54, 1.807) is 25.3 Å². The Labute approximate surface area is 108 Å². The van der Waals surface area contributed by atoms with Crippen molar-refractivity contribution >= 4 is 10.0 Å². The molecule has 0 bridgehead atoms. The summed E-state index contributed by atoms with van der Waals surface area (Å²) in [4.78, 5) is 3.95. The maximum absolute atomic E-state index is 11.9. The van der Waals surface area contributed by atoms with Gasteiger partial charge >= 0.3 is 0 Å². The fourth-order valence-electron chi connectivity index (χ4n) is 1.49. The summed E-state index contributed by atoms with van der Waals surface area (Å²) in [6.07, 6.45) is 2.06. The Hall–Kier alpha value is -1.18. The number of pyridine rings is 1. The third-order valence-electron chi connectivity index (χ3n) is 2.64. The second kappa shape index (κ2) is 6.67. The van der Waals surface area contributed by atoms with Crippen molar-refractivity contribution in [3.63, 3.8) is 0 Å². The van der Waals surface area contributed by atoms with Gasteiger partial charge in [-0.25, -0.2) is 18.1 Å². The van der Waals surface area contributed by atoms with E-state index in [4.69, 9.17) is 10.5 Å². The molecule has 6 nitrogen and oxygen atoms in total. The second-order valence-electron chi connectivity index (χ2n) is 3.84. The van der Waals surface area contributed by atoms with Gasteiger partial charge in [0.05, 0.1) is 12.4 Å². The maximum Gasteiger partial charge on any atom is 0.216 e. The van der Waals surface area contributed by atoms with Crippen LogP contribution in [0.5, 0.6) is 5.88 Å². The summed E-state index contributed by atoms with van der Waals surface area (Å²) in [5.41, 5.74) is 6.22. The van der Waals surface area contributed by atoms with E-state index in [1.165, 1.54) is 7.11 Å². The summed E-state index contributed by atoms with van der Waals surface area (Å²) < 4.78 is 31.3. The van der Waals surface area contributed by atoms with Gasteiger partial charge in [0, 0.05) is 25.4 Å². The molecule has 102 valence electrons. The van der Waals surface area contributed by atoms with E-state index in [1.807, 2.05) is 0 Å². The van der Waals surface area contributed by atoms with Gasteiger partial charge in [-0.2, -0.15) is 0 Å². The molecule has 1 aromatic rings. The Morgan fingerprint density at radius 1 is 1.56 bits per heavy atom. The number of nitrogens with zero attached hydrogens (tertiary/aromatic N) is 1. The van der Waals surface area contributed by atoms with E-state index in [9.17, 15) is 8.42 Å². The largest absolute Gasteiger partial charge is 0.481 e. The van der Waals surface area contributed by atoms with Gasteiger partial charge < -0.3 is 10.5 Å². The minimum Gasteiger partial charge on any atom is -0.481 e. The summed E-state index contributed by atoms with van der Waals surface area (Å²) in [6.45, 7) is 2.12. The highest BCUT2D eigenvalue weighted by Crippen LogP contribution is 2.09. The first kappa shape index (κ1) is 14.9. The average Bonchev–Trinajstić information content (AvgIpc) is 2.38. The van der Waals surface area contributed by atoms with Crippen LogP contribution in [0.4, 0.5) is 0 Å². The van der Waals surface area contributed by atoms with Crippen LogP contribution >= 0.6 is 0 Å². The quantitative estimate of drug-likeness (QED) is 0.742. The second-order valence-corrected chi connectivity index (χ2v) is 5.88. The number of ether oxygens (including phenoxy) is 1. The molecule has 7 heteroatoms. The summed E-state index contributed by atoms with van der Waals surface area (Å²) in [7, 11) is -1.86. The number of hydrogen-bond donors (Lipinski definition) is 2. The van der Waals surface area contributed by atoms with Crippen LogP contribution in [0.1, 0.15) is 18.9 Å². The molecule has 0 saturated heterocycles. The van der Waals surface area contributed by atoms with E-state index in [0.717, 1.165) is 5.56 Å². The first-order chi connectivity index (χ1) is 8.53. The zero-order valence-corrected chi connectivity index (χ0v) is 11.4. The van der Waals surface area contributed by atoms with Gasteiger partial charge in [0.2, 0.25) is 15.9 Å². The van der Waals surface area contributed by atoms with Gasteiger partial charge in [-0.1, -0.05) is 6.92 Å². The van der Waals surface area contributed by atoms with E-state index in [2.05, 4.69) is 9.71 Å². The first-order valence-corrected chi connectivity index (χ1v) is 7.25. The van der Waals surface area contributed by atoms with Gasteiger partial charge in [-0.3, -0.25) is 0 Å². The first-order valence-electron chi connectivity index (χ1n) is 5.71. The van der Waals surface area contributed by atoms with E-state index < -0.39 is 15.3 Å². The summed E-state index contributed by atoms with van der Waals surface area (Å²) in [6, 6.07) is 3.42. The molecule has 0 radical (unpaired) electrons. The molecule has 0 saturated carbocycles. The predicted octanol–water partition coefficient (Wildman–Crippen LogP) is 0.247. The summed E-state index contributed by atoms with van der Waals surface area (Å²) in [5.74, 6) is 0.456. The molecule has 0 amide bonds. The highest BCUT2D eigenvalue weighted by atomic mass is 32.2. The van der Waals surface area contributed by atoms with Crippen LogP contribution < -0.4 is 15.2 Å². The molecule has 1 unspecified atom stereocenters. The van der Waals surface area contributed by atoms with E-state index >= 15 is 0 Å². The number of methoxy groups -OCH3 is 1. The normalized spacial score (nSPS) is 13.3. The van der Waals surface area contributed by atoms with Crippen molar-refractivity contribution in [1.29, 1.82) is 0 Å². The van der Waals surface area contributed by atoms with Crippen LogP contribution in [0.15, 0.2) is 18.3 Å². The molecule has 1 rings (SSSR count). The summed E-state index contributed by atoms with van der Waals surface area (Å²) in [5, 5.41) is -0.554. The van der Waals surface area contributed by atoms with Crippen LogP contribution in [0.25, 0.3) is 0 Å². The zero-order valence-electron chi connectivity index (χ0n) is 10.6. The molecule has 3 N–H and O–H groups in total. The van der Waals surface area contributed by atoms with Crippen LogP contribution in [0, 0.1) is 0 Å². The minimum absolute atomic E-state index is 0.117. The molecule has 1 atom stereocenters. The van der Waals surface area contributed by atoms with Crippen molar-refractivity contribution in [1.82, 2.24) is 9.71 Å². The highest BCUT2D eigenvalue weighted by molar-refractivity contribution is 7.90. The lowest BCUT2D eigenvalue weighted by Gasteiger charge is -2.14. The van der Waals surface area contributed by atoms with Crippen molar-refractivity contribution in [3.8, 4) is 5.88 Å². The van der Waals surface area contributed by atoms with Gasteiger partial charge in [-0.05, 0) is 18.1 Å². The number of rotatable bonds is 7. The zero-order chi connectivity index (χ0) is 13.6. The van der Waals surface area contributed by atoms with Crippen LogP contribution in [-0.2, 0) is 16.6 Å². The molecular weight excluding hydrogens is 254 g/mol. The average molecular weight is 273 g/mol. The Morgan fingerprint density at radius 3 is 2.83 bits per heavy atom. The monoisotopic (exact) mass is 273 g/mol. The summed E-state index contributed by atoms with van der Waals surface area (Å²) >= 11 is 0. The Kier molecular flexibility index (Phi) is 5.52. The van der Waals surface area contributed by atoms with Crippen LogP contribution in [-0.4, -0.2) is 32.3 Å². The Balaban J connectivity index is 2.69. The lowest BCUT2D eigenvalue weighted by molar-refractivity contribution is 0.397. The molecule has 0 aliphatic heterocycles. The molecule has 1 aromatic heterocycles. The standard InChI is InChI=1S/C11H19N3O3S/c1-3-10(7-12)18(15,16)14-8-9-4-5-13-11(6-9)17-2/h4-6,10,14H,3,7-8,12H2,1-2H3. The fraction of sp³-hybridized carbons (Fsp3) is 0.545. The Morgan fingerprint density at radius 2 is 2.28 bits per heavy atom. The van der Waals surface area contributed by atoms with Gasteiger partial charge in [0.25, 0.3) is 0 Å². The lowest BCUT2D eigenvalue weighted by atomic mass is 10.3. The molecule has 0 aliphatic carbocycles. The van der Waals surface area contributed by atoms with Crippen LogP contribution in [0.3, 0.4) is 0 Å². The molecule has 18 heavy (non-hydrogen) atoms. The van der Waals surface area contributed by atoms with Crippen molar-refractivity contribution in [2.75, 3.05) is 13.7 Å². The van der Waals surface area contributed by atoms with E-state index in [-0.39, 0.29) is 13.1 Å². The van der Waals surface area contributed by atoms with Gasteiger partial charge in [-0.15, -0.1) is 0 Å². The maximum atomic E-state index is 11.9. The fourth-order valence-corrected chi connectivity index (χ4v) is 2.78. The number of hydrogen-bond acceptors (Lipinski definition) is 5.